The van der Waals surface area contributed by atoms with Crippen molar-refractivity contribution in [1.82, 2.24) is 15.5 Å². The Bertz CT molecular complexity index is 870. The lowest BCUT2D eigenvalue weighted by Crippen LogP contribution is -2.23. The van der Waals surface area contributed by atoms with Gasteiger partial charge in [-0.3, -0.25) is 4.79 Å². The number of methoxy groups -OCH3 is 1. The highest BCUT2D eigenvalue weighted by Crippen LogP contribution is 2.20. The number of carbonyl (C=O) groups is 1. The van der Waals surface area contributed by atoms with E-state index in [9.17, 15) is 4.79 Å². The van der Waals surface area contributed by atoms with Crippen LogP contribution in [0.15, 0.2) is 53.1 Å². The summed E-state index contributed by atoms with van der Waals surface area (Å²) < 4.78 is 10.4. The molecule has 2 aromatic carbocycles. The maximum absolute atomic E-state index is 12.0. The first-order valence-corrected chi connectivity index (χ1v) is 8.99. The van der Waals surface area contributed by atoms with Crippen molar-refractivity contribution in [3.63, 3.8) is 0 Å². The molecule has 0 atom stereocenters. The Hall–Kier alpha value is -3.15. The van der Waals surface area contributed by atoms with E-state index in [0.29, 0.717) is 31.1 Å². The molecule has 0 radical (unpaired) electrons. The topological polar surface area (TPSA) is 77.2 Å². The molecule has 6 heteroatoms. The van der Waals surface area contributed by atoms with Crippen LogP contribution in [0.4, 0.5) is 0 Å². The van der Waals surface area contributed by atoms with Gasteiger partial charge in [-0.1, -0.05) is 36.3 Å². The molecule has 0 unspecified atom stereocenters. The SMILES string of the molecule is CCc1ccc(CNC(=O)CCc2nc(-c3ccc(OC)cc3)no2)cc1. The second kappa shape index (κ2) is 8.98. The summed E-state index contributed by atoms with van der Waals surface area (Å²) in [6.07, 6.45) is 1.72. The van der Waals surface area contributed by atoms with Crippen molar-refractivity contribution in [2.24, 2.45) is 0 Å². The van der Waals surface area contributed by atoms with Crippen molar-refractivity contribution in [2.45, 2.75) is 32.7 Å². The van der Waals surface area contributed by atoms with E-state index in [1.54, 1.807) is 7.11 Å². The van der Waals surface area contributed by atoms with Crippen LogP contribution in [-0.2, 0) is 24.2 Å². The molecule has 1 amide bonds. The molecule has 0 saturated carbocycles. The van der Waals surface area contributed by atoms with Gasteiger partial charge in [0.25, 0.3) is 0 Å². The fourth-order valence-corrected chi connectivity index (χ4v) is 2.62. The summed E-state index contributed by atoms with van der Waals surface area (Å²) in [6, 6.07) is 15.7. The Balaban J connectivity index is 1.47. The lowest BCUT2D eigenvalue weighted by Gasteiger charge is -2.05. The molecule has 27 heavy (non-hydrogen) atoms. The van der Waals surface area contributed by atoms with E-state index in [4.69, 9.17) is 9.26 Å². The normalized spacial score (nSPS) is 10.6. The van der Waals surface area contributed by atoms with Gasteiger partial charge in [-0.15, -0.1) is 0 Å². The van der Waals surface area contributed by atoms with Crippen LogP contribution >= 0.6 is 0 Å². The molecule has 0 aliphatic heterocycles. The molecule has 0 aliphatic rings. The molecule has 3 aromatic rings. The van der Waals surface area contributed by atoms with Gasteiger partial charge in [-0.05, 0) is 41.8 Å². The van der Waals surface area contributed by atoms with Gasteiger partial charge in [0.15, 0.2) is 0 Å². The molecule has 1 aromatic heterocycles. The first kappa shape index (κ1) is 18.6. The number of hydrogen-bond donors (Lipinski definition) is 1. The molecule has 0 saturated heterocycles. The molecule has 0 fully saturated rings. The largest absolute Gasteiger partial charge is 0.497 e. The van der Waals surface area contributed by atoms with E-state index in [1.165, 1.54) is 5.56 Å². The number of aromatic nitrogens is 2. The lowest BCUT2D eigenvalue weighted by atomic mass is 10.1. The van der Waals surface area contributed by atoms with Crippen LogP contribution in [0.25, 0.3) is 11.4 Å². The van der Waals surface area contributed by atoms with Gasteiger partial charge in [-0.25, -0.2) is 0 Å². The molecule has 3 rings (SSSR count). The summed E-state index contributed by atoms with van der Waals surface area (Å²) in [5, 5.41) is 6.89. The third kappa shape index (κ3) is 5.17. The minimum absolute atomic E-state index is 0.0428. The average molecular weight is 365 g/mol. The number of rotatable bonds is 8. The number of hydrogen-bond acceptors (Lipinski definition) is 5. The van der Waals surface area contributed by atoms with Gasteiger partial charge >= 0.3 is 0 Å². The smallest absolute Gasteiger partial charge is 0.227 e. The third-order valence-electron chi connectivity index (χ3n) is 4.30. The Morgan fingerprint density at radius 1 is 1.07 bits per heavy atom. The van der Waals surface area contributed by atoms with E-state index in [1.807, 2.05) is 36.4 Å². The highest BCUT2D eigenvalue weighted by Gasteiger charge is 2.11. The second-order valence-electron chi connectivity index (χ2n) is 6.19. The second-order valence-corrected chi connectivity index (χ2v) is 6.19. The van der Waals surface area contributed by atoms with Gasteiger partial charge in [0.2, 0.25) is 17.6 Å². The maximum Gasteiger partial charge on any atom is 0.227 e. The van der Waals surface area contributed by atoms with Gasteiger partial charge in [0, 0.05) is 24.9 Å². The van der Waals surface area contributed by atoms with Crippen molar-refractivity contribution >= 4 is 5.91 Å². The van der Waals surface area contributed by atoms with Crippen molar-refractivity contribution in [2.75, 3.05) is 7.11 Å². The van der Waals surface area contributed by atoms with Crippen LogP contribution in [-0.4, -0.2) is 23.2 Å². The van der Waals surface area contributed by atoms with Crippen LogP contribution < -0.4 is 10.1 Å². The predicted octanol–water partition coefficient (Wildman–Crippen LogP) is 3.56. The van der Waals surface area contributed by atoms with Crippen molar-refractivity contribution in [3.8, 4) is 17.1 Å². The zero-order valence-electron chi connectivity index (χ0n) is 15.6. The van der Waals surface area contributed by atoms with Crippen molar-refractivity contribution < 1.29 is 14.1 Å². The Kier molecular flexibility index (Phi) is 6.20. The van der Waals surface area contributed by atoms with Crippen LogP contribution in [0.3, 0.4) is 0 Å². The van der Waals surface area contributed by atoms with Gasteiger partial charge in [0.1, 0.15) is 5.75 Å². The predicted molar refractivity (Wildman–Crippen MR) is 102 cm³/mol. The summed E-state index contributed by atoms with van der Waals surface area (Å²) in [5.74, 6) is 1.68. The maximum atomic E-state index is 12.0. The molecule has 0 spiro atoms. The van der Waals surface area contributed by atoms with Crippen molar-refractivity contribution in [3.05, 3.63) is 65.5 Å². The minimum atomic E-state index is -0.0428. The van der Waals surface area contributed by atoms with E-state index in [2.05, 4.69) is 34.5 Å². The van der Waals surface area contributed by atoms with Crippen LogP contribution in [0.2, 0.25) is 0 Å². The molecular formula is C21H23N3O3. The van der Waals surface area contributed by atoms with Crippen LogP contribution in [0.1, 0.15) is 30.4 Å². The molecule has 1 N–H and O–H groups in total. The molecule has 0 bridgehead atoms. The summed E-state index contributed by atoms with van der Waals surface area (Å²) in [7, 11) is 1.62. The molecule has 140 valence electrons. The quantitative estimate of drug-likeness (QED) is 0.660. The number of benzene rings is 2. The number of nitrogens with one attached hydrogen (secondary N) is 1. The molecule has 6 nitrogen and oxygen atoms in total. The Morgan fingerprint density at radius 3 is 2.44 bits per heavy atom. The van der Waals surface area contributed by atoms with E-state index >= 15 is 0 Å². The first-order valence-electron chi connectivity index (χ1n) is 8.99. The number of nitrogens with zero attached hydrogens (tertiary/aromatic N) is 2. The molecule has 1 heterocycles. The zero-order chi connectivity index (χ0) is 19.1. The summed E-state index contributed by atoms with van der Waals surface area (Å²) >= 11 is 0. The number of ether oxygens (including phenoxy) is 1. The van der Waals surface area contributed by atoms with E-state index < -0.39 is 0 Å². The first-order chi connectivity index (χ1) is 13.2. The minimum Gasteiger partial charge on any atom is -0.497 e. The van der Waals surface area contributed by atoms with Crippen LogP contribution in [0, 0.1) is 0 Å². The van der Waals surface area contributed by atoms with Gasteiger partial charge in [0.05, 0.1) is 7.11 Å². The number of carbonyl (C=O) groups excluding carboxylic acids is 1. The monoisotopic (exact) mass is 365 g/mol. The highest BCUT2D eigenvalue weighted by molar-refractivity contribution is 5.76. The van der Waals surface area contributed by atoms with Gasteiger partial charge in [-0.2, -0.15) is 4.98 Å². The Morgan fingerprint density at radius 2 is 1.78 bits per heavy atom. The zero-order valence-corrected chi connectivity index (χ0v) is 15.6. The molecular weight excluding hydrogens is 342 g/mol. The summed E-state index contributed by atoms with van der Waals surface area (Å²) in [5.41, 5.74) is 3.21. The number of amides is 1. The fourth-order valence-electron chi connectivity index (χ4n) is 2.62. The molecule has 0 aliphatic carbocycles. The van der Waals surface area contributed by atoms with E-state index in [-0.39, 0.29) is 5.91 Å². The fraction of sp³-hybridized carbons (Fsp3) is 0.286. The van der Waals surface area contributed by atoms with E-state index in [0.717, 1.165) is 23.3 Å². The Labute approximate surface area is 158 Å². The average Bonchev–Trinajstić information content (AvgIpc) is 3.20. The lowest BCUT2D eigenvalue weighted by molar-refractivity contribution is -0.121. The third-order valence-corrected chi connectivity index (χ3v) is 4.30. The highest BCUT2D eigenvalue weighted by atomic mass is 16.5. The summed E-state index contributed by atoms with van der Waals surface area (Å²) in [4.78, 5) is 16.4. The number of aryl methyl sites for hydroxylation is 2. The summed E-state index contributed by atoms with van der Waals surface area (Å²) in [6.45, 7) is 2.64. The van der Waals surface area contributed by atoms with Crippen LogP contribution in [0.5, 0.6) is 5.75 Å². The van der Waals surface area contributed by atoms with Gasteiger partial charge < -0.3 is 14.6 Å². The van der Waals surface area contributed by atoms with Crippen molar-refractivity contribution in [1.29, 1.82) is 0 Å². The standard InChI is InChI=1S/C21H23N3O3/c1-3-15-4-6-16(7-5-15)14-22-19(25)12-13-20-23-21(24-27-20)17-8-10-18(26-2)11-9-17/h4-11H,3,12-14H2,1-2H3,(H,22,25).